The maximum Gasteiger partial charge on any atom is 0.435 e. The molecule has 0 saturated heterocycles. The number of pyridine rings is 1. The van der Waals surface area contributed by atoms with Gasteiger partial charge in [0.15, 0.2) is 11.5 Å². The van der Waals surface area contributed by atoms with Gasteiger partial charge in [0, 0.05) is 6.20 Å². The van der Waals surface area contributed by atoms with Gasteiger partial charge in [-0.3, -0.25) is 0 Å². The summed E-state index contributed by atoms with van der Waals surface area (Å²) in [6, 6.07) is 5.53. The highest BCUT2D eigenvalue weighted by Crippen LogP contribution is 2.27. The normalized spacial score (nSPS) is 11.8. The van der Waals surface area contributed by atoms with Gasteiger partial charge >= 0.3 is 6.18 Å². The van der Waals surface area contributed by atoms with Crippen molar-refractivity contribution in [2.24, 2.45) is 0 Å². The average molecular weight is 243 g/mol. The van der Waals surface area contributed by atoms with Crippen LogP contribution in [0, 0.1) is 0 Å². The van der Waals surface area contributed by atoms with E-state index in [1.807, 2.05) is 0 Å². The van der Waals surface area contributed by atoms with Crippen molar-refractivity contribution >= 4 is 0 Å². The standard InChI is InChI=1S/C10H8F3N3O/c11-10(12,13)8-4-5-16(15-8)9-3-1-2-7(6-17)14-9/h1-5,17H,6H2. The lowest BCUT2D eigenvalue weighted by atomic mass is 10.3. The van der Waals surface area contributed by atoms with Crippen LogP contribution in [0.4, 0.5) is 13.2 Å². The van der Waals surface area contributed by atoms with Crippen LogP contribution >= 0.6 is 0 Å². The van der Waals surface area contributed by atoms with Gasteiger partial charge in [0.25, 0.3) is 0 Å². The molecule has 0 fully saturated rings. The first kappa shape index (κ1) is 11.6. The fourth-order valence-electron chi connectivity index (χ4n) is 1.29. The van der Waals surface area contributed by atoms with Crippen molar-refractivity contribution in [3.63, 3.8) is 0 Å². The van der Waals surface area contributed by atoms with Crippen molar-refractivity contribution in [2.45, 2.75) is 12.8 Å². The summed E-state index contributed by atoms with van der Waals surface area (Å²) in [4.78, 5) is 3.94. The summed E-state index contributed by atoms with van der Waals surface area (Å²) in [5.41, 5.74) is -0.611. The number of rotatable bonds is 2. The van der Waals surface area contributed by atoms with E-state index in [0.717, 1.165) is 10.7 Å². The molecule has 2 aromatic rings. The quantitative estimate of drug-likeness (QED) is 0.874. The van der Waals surface area contributed by atoms with Crippen LogP contribution in [0.1, 0.15) is 11.4 Å². The van der Waals surface area contributed by atoms with Gasteiger partial charge in [0.2, 0.25) is 0 Å². The molecule has 90 valence electrons. The molecule has 1 N–H and O–H groups in total. The van der Waals surface area contributed by atoms with E-state index in [4.69, 9.17) is 5.11 Å². The molecule has 0 aromatic carbocycles. The minimum absolute atomic E-state index is 0.229. The van der Waals surface area contributed by atoms with Gasteiger partial charge in [0.05, 0.1) is 12.3 Å². The Labute approximate surface area is 94.3 Å². The van der Waals surface area contributed by atoms with Crippen LogP contribution in [0.5, 0.6) is 0 Å². The summed E-state index contributed by atoms with van der Waals surface area (Å²) in [6.45, 7) is -0.277. The van der Waals surface area contributed by atoms with Crippen molar-refractivity contribution in [1.82, 2.24) is 14.8 Å². The second-order valence-corrected chi connectivity index (χ2v) is 3.29. The zero-order valence-corrected chi connectivity index (χ0v) is 8.52. The van der Waals surface area contributed by atoms with Crippen molar-refractivity contribution in [2.75, 3.05) is 0 Å². The fraction of sp³-hybridized carbons (Fsp3) is 0.200. The van der Waals surface area contributed by atoms with Crippen LogP contribution in [0.25, 0.3) is 5.82 Å². The Morgan fingerprint density at radius 3 is 2.59 bits per heavy atom. The van der Waals surface area contributed by atoms with Crippen LogP contribution in [0.15, 0.2) is 30.5 Å². The van der Waals surface area contributed by atoms with Gasteiger partial charge in [-0.25, -0.2) is 9.67 Å². The number of aliphatic hydroxyl groups is 1. The molecular formula is C10H8F3N3O. The molecule has 0 saturated carbocycles. The maximum atomic E-state index is 12.3. The van der Waals surface area contributed by atoms with Crippen molar-refractivity contribution < 1.29 is 18.3 Å². The fourth-order valence-corrected chi connectivity index (χ4v) is 1.29. The number of hydrogen-bond acceptors (Lipinski definition) is 3. The lowest BCUT2D eigenvalue weighted by Crippen LogP contribution is -2.08. The van der Waals surface area contributed by atoms with E-state index in [1.165, 1.54) is 12.3 Å². The van der Waals surface area contributed by atoms with Crippen molar-refractivity contribution in [1.29, 1.82) is 0 Å². The molecule has 0 unspecified atom stereocenters. The predicted molar refractivity (Wildman–Crippen MR) is 52.3 cm³/mol. The van der Waals surface area contributed by atoms with Crippen molar-refractivity contribution in [3.8, 4) is 5.82 Å². The van der Waals surface area contributed by atoms with Gasteiger partial charge in [-0.1, -0.05) is 6.07 Å². The highest BCUT2D eigenvalue weighted by atomic mass is 19.4. The number of nitrogens with zero attached hydrogens (tertiary/aromatic N) is 3. The van der Waals surface area contributed by atoms with Crippen LogP contribution in [-0.4, -0.2) is 19.9 Å². The smallest absolute Gasteiger partial charge is 0.390 e. The monoisotopic (exact) mass is 243 g/mol. The van der Waals surface area contributed by atoms with Crippen LogP contribution < -0.4 is 0 Å². The van der Waals surface area contributed by atoms with Crippen LogP contribution in [-0.2, 0) is 12.8 Å². The third-order valence-electron chi connectivity index (χ3n) is 2.07. The minimum atomic E-state index is -4.47. The molecule has 0 radical (unpaired) electrons. The van der Waals surface area contributed by atoms with E-state index in [0.29, 0.717) is 5.69 Å². The highest BCUT2D eigenvalue weighted by Gasteiger charge is 2.33. The second-order valence-electron chi connectivity index (χ2n) is 3.29. The zero-order valence-electron chi connectivity index (χ0n) is 8.52. The van der Waals surface area contributed by atoms with E-state index in [9.17, 15) is 13.2 Å². The number of aromatic nitrogens is 3. The first-order chi connectivity index (χ1) is 8.00. The van der Waals surface area contributed by atoms with Gasteiger partial charge < -0.3 is 5.11 Å². The van der Waals surface area contributed by atoms with Crippen molar-refractivity contribution in [3.05, 3.63) is 41.9 Å². The zero-order chi connectivity index (χ0) is 12.5. The topological polar surface area (TPSA) is 50.9 Å². The molecule has 2 aromatic heterocycles. The van der Waals surface area contributed by atoms with Gasteiger partial charge in [-0.15, -0.1) is 0 Å². The molecule has 0 bridgehead atoms. The van der Waals surface area contributed by atoms with E-state index in [1.54, 1.807) is 12.1 Å². The Kier molecular flexibility index (Phi) is 2.84. The van der Waals surface area contributed by atoms with Gasteiger partial charge in [-0.05, 0) is 18.2 Å². The third kappa shape index (κ3) is 2.44. The minimum Gasteiger partial charge on any atom is -0.390 e. The lowest BCUT2D eigenvalue weighted by Gasteiger charge is -2.03. The summed E-state index contributed by atoms with van der Waals surface area (Å²) in [5.74, 6) is 0.229. The molecule has 0 aliphatic rings. The Bertz CT molecular complexity index is 522. The number of aliphatic hydroxyl groups excluding tert-OH is 1. The molecule has 0 spiro atoms. The molecule has 2 heterocycles. The van der Waals surface area contributed by atoms with E-state index < -0.39 is 11.9 Å². The Morgan fingerprint density at radius 1 is 1.24 bits per heavy atom. The summed E-state index contributed by atoms with van der Waals surface area (Å²) in [7, 11) is 0. The summed E-state index contributed by atoms with van der Waals surface area (Å²) in [6.07, 6.45) is -3.30. The van der Waals surface area contributed by atoms with E-state index in [-0.39, 0.29) is 12.4 Å². The Morgan fingerprint density at radius 2 is 2.00 bits per heavy atom. The molecule has 2 rings (SSSR count). The van der Waals surface area contributed by atoms with Crippen LogP contribution in [0.2, 0.25) is 0 Å². The molecule has 0 aliphatic carbocycles. The number of halogens is 3. The molecule has 7 heteroatoms. The molecule has 0 amide bonds. The Balaban J connectivity index is 2.37. The largest absolute Gasteiger partial charge is 0.435 e. The number of hydrogen-bond donors (Lipinski definition) is 1. The number of alkyl halides is 3. The first-order valence-electron chi connectivity index (χ1n) is 4.71. The van der Waals surface area contributed by atoms with Gasteiger partial charge in [0.1, 0.15) is 0 Å². The van der Waals surface area contributed by atoms with Crippen LogP contribution in [0.3, 0.4) is 0 Å². The van der Waals surface area contributed by atoms with E-state index >= 15 is 0 Å². The lowest BCUT2D eigenvalue weighted by molar-refractivity contribution is -0.141. The average Bonchev–Trinajstić information content (AvgIpc) is 2.78. The summed E-state index contributed by atoms with van der Waals surface area (Å²) < 4.78 is 38.0. The maximum absolute atomic E-state index is 12.3. The predicted octanol–water partition coefficient (Wildman–Crippen LogP) is 1.78. The highest BCUT2D eigenvalue weighted by molar-refractivity contribution is 5.24. The SMILES string of the molecule is OCc1cccc(-n2ccc(C(F)(F)F)n2)n1. The van der Waals surface area contributed by atoms with E-state index in [2.05, 4.69) is 10.1 Å². The van der Waals surface area contributed by atoms with Gasteiger partial charge in [-0.2, -0.15) is 18.3 Å². The second kappa shape index (κ2) is 4.17. The first-order valence-corrected chi connectivity index (χ1v) is 4.71. The molecule has 0 atom stereocenters. The summed E-state index contributed by atoms with van der Waals surface area (Å²) >= 11 is 0. The Hall–Kier alpha value is -1.89. The molecular weight excluding hydrogens is 235 g/mol. The summed E-state index contributed by atoms with van der Waals surface area (Å²) in [5, 5.41) is 12.2. The molecule has 0 aliphatic heterocycles. The molecule has 17 heavy (non-hydrogen) atoms. The molecule has 4 nitrogen and oxygen atoms in total. The third-order valence-corrected chi connectivity index (χ3v) is 2.07.